The van der Waals surface area contributed by atoms with Gasteiger partial charge in [-0.25, -0.2) is 0 Å². The first-order valence-electron chi connectivity index (χ1n) is 13.2. The van der Waals surface area contributed by atoms with Gasteiger partial charge >= 0.3 is 0 Å². The van der Waals surface area contributed by atoms with Gasteiger partial charge in [0.1, 0.15) is 23.6 Å². The highest BCUT2D eigenvalue weighted by molar-refractivity contribution is 6.26. The summed E-state index contributed by atoms with van der Waals surface area (Å²) in [5.41, 5.74) is 0.794. The summed E-state index contributed by atoms with van der Waals surface area (Å²) in [4.78, 5) is 0. The maximum atomic E-state index is 9.63. The van der Waals surface area contributed by atoms with Crippen LogP contribution in [0.5, 0.6) is 11.5 Å². The SMILES string of the molecule is CCCCCCOc1ccc2c(c1)c1cc(OCCCCCC)ccc1c1cc(C#N)c(C#N)cc21. The van der Waals surface area contributed by atoms with Gasteiger partial charge in [0, 0.05) is 0 Å². The molecule has 0 heterocycles. The van der Waals surface area contributed by atoms with Gasteiger partial charge in [0.05, 0.1) is 24.3 Å². The topological polar surface area (TPSA) is 66.0 Å². The Morgan fingerprint density at radius 2 is 0.944 bits per heavy atom. The van der Waals surface area contributed by atoms with Crippen LogP contribution in [0.3, 0.4) is 0 Å². The third-order valence-corrected chi connectivity index (χ3v) is 6.78. The first-order valence-corrected chi connectivity index (χ1v) is 13.2. The van der Waals surface area contributed by atoms with E-state index >= 15 is 0 Å². The van der Waals surface area contributed by atoms with Crippen LogP contribution >= 0.6 is 0 Å². The molecule has 0 bridgehead atoms. The van der Waals surface area contributed by atoms with Crippen molar-refractivity contribution < 1.29 is 9.47 Å². The monoisotopic (exact) mass is 478 g/mol. The second kappa shape index (κ2) is 12.3. The van der Waals surface area contributed by atoms with Crippen molar-refractivity contribution in [2.75, 3.05) is 13.2 Å². The molecule has 0 fully saturated rings. The van der Waals surface area contributed by atoms with Crippen molar-refractivity contribution in [1.29, 1.82) is 10.5 Å². The summed E-state index contributed by atoms with van der Waals surface area (Å²) in [6.45, 7) is 5.82. The summed E-state index contributed by atoms with van der Waals surface area (Å²) >= 11 is 0. The Morgan fingerprint density at radius 1 is 0.528 bits per heavy atom. The standard InChI is InChI=1S/C32H34N2O2/c1-3-5-7-9-15-35-25-11-13-27-29-17-23(21-33)24(22-34)18-30(29)28-14-12-26(20-32(28)31(27)19-25)36-16-10-8-6-4-2/h11-14,17-20H,3-10,15-16H2,1-2H3. The molecular weight excluding hydrogens is 444 g/mol. The molecule has 4 rings (SSSR count). The zero-order chi connectivity index (χ0) is 25.3. The second-order valence-corrected chi connectivity index (χ2v) is 9.40. The summed E-state index contributed by atoms with van der Waals surface area (Å²) in [5, 5.41) is 25.4. The average molecular weight is 479 g/mol. The summed E-state index contributed by atoms with van der Waals surface area (Å²) in [6, 6.07) is 20.4. The van der Waals surface area contributed by atoms with Gasteiger partial charge in [0.15, 0.2) is 0 Å². The maximum absolute atomic E-state index is 9.63. The van der Waals surface area contributed by atoms with Crippen molar-refractivity contribution in [2.24, 2.45) is 0 Å². The highest BCUT2D eigenvalue weighted by Crippen LogP contribution is 2.39. The van der Waals surface area contributed by atoms with E-state index in [0.717, 1.165) is 56.7 Å². The quantitative estimate of drug-likeness (QED) is 0.151. The average Bonchev–Trinajstić information content (AvgIpc) is 2.92. The largest absolute Gasteiger partial charge is 0.494 e. The molecule has 4 aromatic carbocycles. The maximum Gasteiger partial charge on any atom is 0.119 e. The predicted molar refractivity (Wildman–Crippen MR) is 148 cm³/mol. The van der Waals surface area contributed by atoms with E-state index in [2.05, 4.69) is 50.3 Å². The number of rotatable bonds is 12. The van der Waals surface area contributed by atoms with Gasteiger partial charge in [-0.2, -0.15) is 10.5 Å². The van der Waals surface area contributed by atoms with Crippen molar-refractivity contribution in [1.82, 2.24) is 0 Å². The minimum absolute atomic E-state index is 0.397. The Morgan fingerprint density at radius 3 is 1.33 bits per heavy atom. The number of hydrogen-bond donors (Lipinski definition) is 0. The molecule has 0 N–H and O–H groups in total. The molecular formula is C32H34N2O2. The Balaban J connectivity index is 1.80. The van der Waals surface area contributed by atoms with Gasteiger partial charge in [-0.15, -0.1) is 0 Å². The summed E-state index contributed by atoms with van der Waals surface area (Å²) in [6.07, 6.45) is 9.30. The van der Waals surface area contributed by atoms with Crippen LogP contribution in [0.2, 0.25) is 0 Å². The van der Waals surface area contributed by atoms with E-state index in [-0.39, 0.29) is 0 Å². The van der Waals surface area contributed by atoms with Crippen LogP contribution in [-0.4, -0.2) is 13.2 Å². The van der Waals surface area contributed by atoms with E-state index in [9.17, 15) is 10.5 Å². The molecule has 0 radical (unpaired) electrons. The van der Waals surface area contributed by atoms with Crippen LogP contribution < -0.4 is 9.47 Å². The smallest absolute Gasteiger partial charge is 0.119 e. The lowest BCUT2D eigenvalue weighted by Crippen LogP contribution is -1.98. The zero-order valence-electron chi connectivity index (χ0n) is 21.4. The first kappa shape index (κ1) is 25.3. The van der Waals surface area contributed by atoms with Crippen molar-refractivity contribution in [3.8, 4) is 23.6 Å². The number of hydrogen-bond acceptors (Lipinski definition) is 4. The fraction of sp³-hybridized carbons (Fsp3) is 0.375. The fourth-order valence-corrected chi connectivity index (χ4v) is 4.81. The molecule has 0 aromatic heterocycles. The third-order valence-electron chi connectivity index (χ3n) is 6.78. The molecule has 4 aromatic rings. The molecule has 0 aliphatic heterocycles. The summed E-state index contributed by atoms with van der Waals surface area (Å²) < 4.78 is 12.2. The van der Waals surface area contributed by atoms with E-state index in [0.29, 0.717) is 24.3 Å². The zero-order valence-corrected chi connectivity index (χ0v) is 21.4. The van der Waals surface area contributed by atoms with Crippen molar-refractivity contribution in [3.63, 3.8) is 0 Å². The minimum Gasteiger partial charge on any atom is -0.494 e. The van der Waals surface area contributed by atoms with Crippen molar-refractivity contribution in [3.05, 3.63) is 59.7 Å². The third kappa shape index (κ3) is 5.55. The normalized spacial score (nSPS) is 11.0. The lowest BCUT2D eigenvalue weighted by atomic mass is 9.91. The Hall–Kier alpha value is -3.76. The van der Waals surface area contributed by atoms with E-state index in [1.165, 1.54) is 38.5 Å². The van der Waals surface area contributed by atoms with E-state index in [1.807, 2.05) is 24.3 Å². The molecule has 4 heteroatoms. The van der Waals surface area contributed by atoms with Crippen LogP contribution in [0.1, 0.15) is 76.3 Å². The van der Waals surface area contributed by atoms with Gasteiger partial charge in [0.2, 0.25) is 0 Å². The van der Waals surface area contributed by atoms with E-state index in [1.54, 1.807) is 0 Å². The number of benzene rings is 4. The Bertz CT molecular complexity index is 1330. The second-order valence-electron chi connectivity index (χ2n) is 9.40. The van der Waals surface area contributed by atoms with Crippen LogP contribution in [0.25, 0.3) is 32.3 Å². The molecule has 0 aliphatic rings. The number of fused-ring (bicyclic) bond motifs is 6. The molecule has 4 nitrogen and oxygen atoms in total. The molecule has 0 aliphatic carbocycles. The Kier molecular flexibility index (Phi) is 8.64. The fourth-order valence-electron chi connectivity index (χ4n) is 4.81. The number of nitrogens with zero attached hydrogens (tertiary/aromatic N) is 2. The molecule has 0 saturated heterocycles. The van der Waals surface area contributed by atoms with Gasteiger partial charge in [-0.05, 0) is 81.6 Å². The molecule has 0 spiro atoms. The van der Waals surface area contributed by atoms with Crippen LogP contribution in [0.4, 0.5) is 0 Å². The lowest BCUT2D eigenvalue weighted by Gasteiger charge is -2.15. The van der Waals surface area contributed by atoms with Crippen LogP contribution in [0, 0.1) is 22.7 Å². The molecule has 0 unspecified atom stereocenters. The van der Waals surface area contributed by atoms with E-state index in [4.69, 9.17) is 9.47 Å². The molecule has 0 atom stereocenters. The van der Waals surface area contributed by atoms with Crippen molar-refractivity contribution >= 4 is 32.3 Å². The van der Waals surface area contributed by atoms with Gasteiger partial charge in [-0.3, -0.25) is 0 Å². The van der Waals surface area contributed by atoms with Gasteiger partial charge in [0.25, 0.3) is 0 Å². The van der Waals surface area contributed by atoms with Crippen molar-refractivity contribution in [2.45, 2.75) is 65.2 Å². The van der Waals surface area contributed by atoms with Crippen LogP contribution in [-0.2, 0) is 0 Å². The van der Waals surface area contributed by atoms with Gasteiger partial charge < -0.3 is 9.47 Å². The number of ether oxygens (including phenoxy) is 2. The summed E-state index contributed by atoms with van der Waals surface area (Å²) in [5.74, 6) is 1.69. The molecule has 0 amide bonds. The minimum atomic E-state index is 0.397. The number of nitriles is 2. The van der Waals surface area contributed by atoms with Crippen LogP contribution in [0.15, 0.2) is 48.5 Å². The lowest BCUT2D eigenvalue weighted by molar-refractivity contribution is 0.305. The molecule has 184 valence electrons. The Labute approximate surface area is 214 Å². The van der Waals surface area contributed by atoms with Gasteiger partial charge in [-0.1, -0.05) is 64.5 Å². The first-order chi connectivity index (χ1) is 17.7. The highest BCUT2D eigenvalue weighted by Gasteiger charge is 2.14. The molecule has 36 heavy (non-hydrogen) atoms. The number of unbranched alkanes of at least 4 members (excludes halogenated alkanes) is 6. The van der Waals surface area contributed by atoms with E-state index < -0.39 is 0 Å². The summed E-state index contributed by atoms with van der Waals surface area (Å²) in [7, 11) is 0. The highest BCUT2D eigenvalue weighted by atomic mass is 16.5. The molecule has 0 saturated carbocycles. The predicted octanol–water partition coefficient (Wildman–Crippen LogP) is 8.81.